The number of aromatic nitrogens is 3. The van der Waals surface area contributed by atoms with Crippen molar-refractivity contribution in [2.45, 2.75) is 0 Å². The molecule has 0 radical (unpaired) electrons. The highest BCUT2D eigenvalue weighted by Crippen LogP contribution is 2.35. The molecule has 0 fully saturated rings. The molecule has 0 aliphatic heterocycles. The topological polar surface area (TPSA) is 296 Å². The van der Waals surface area contributed by atoms with Gasteiger partial charge in [0.2, 0.25) is 17.8 Å². The van der Waals surface area contributed by atoms with Crippen molar-refractivity contribution in [3.05, 3.63) is 83.9 Å². The van der Waals surface area contributed by atoms with Gasteiger partial charge >= 0.3 is 11.9 Å². The smallest absolute Gasteiger partial charge is 0.335 e. The third-order valence-corrected chi connectivity index (χ3v) is 7.19. The van der Waals surface area contributed by atoms with E-state index in [0.29, 0.717) is 34.2 Å². The first-order chi connectivity index (χ1) is 27.1. The highest BCUT2D eigenvalue weighted by Gasteiger charge is 2.14. The van der Waals surface area contributed by atoms with E-state index in [1.54, 1.807) is 36.4 Å². The van der Waals surface area contributed by atoms with Crippen LogP contribution in [0.4, 0.5) is 52.0 Å². The van der Waals surface area contributed by atoms with Crippen LogP contribution in [0.25, 0.3) is 0 Å². The summed E-state index contributed by atoms with van der Waals surface area (Å²) in [5, 5.41) is 72.0. The molecule has 0 bridgehead atoms. The van der Waals surface area contributed by atoms with Crippen molar-refractivity contribution in [3.63, 3.8) is 0 Å². The predicted octanol–water partition coefficient (Wildman–Crippen LogP) is 5.66. The van der Waals surface area contributed by atoms with E-state index in [1.165, 1.54) is 50.6 Å². The second-order valence-electron chi connectivity index (χ2n) is 11.0. The number of nitrogens with one attached hydrogen (secondary N) is 3. The number of rotatable bonds is 19. The lowest BCUT2D eigenvalue weighted by atomic mass is 10.2. The minimum atomic E-state index is -1.21. The van der Waals surface area contributed by atoms with Gasteiger partial charge in [-0.1, -0.05) is 0 Å². The number of carbonyl (C=O) groups is 2. The summed E-state index contributed by atoms with van der Waals surface area (Å²) in [4.78, 5) is 36.3. The maximum absolute atomic E-state index is 11.5. The summed E-state index contributed by atoms with van der Waals surface area (Å²) in [6, 6.07) is 17.5. The molecular weight excluding hydrogens is 736 g/mol. The van der Waals surface area contributed by atoms with Crippen molar-refractivity contribution in [2.75, 3.05) is 56.9 Å². The Bertz CT molecular complexity index is 2110. The molecule has 0 atom stereocenters. The van der Waals surface area contributed by atoms with Crippen molar-refractivity contribution < 1.29 is 54.1 Å². The first-order valence-corrected chi connectivity index (χ1v) is 16.2. The van der Waals surface area contributed by atoms with E-state index in [2.05, 4.69) is 51.4 Å². The number of benzene rings is 4. The third kappa shape index (κ3) is 10.8. The second-order valence-corrected chi connectivity index (χ2v) is 11.0. The van der Waals surface area contributed by atoms with Crippen LogP contribution in [0.3, 0.4) is 0 Å². The van der Waals surface area contributed by atoms with E-state index in [4.69, 9.17) is 29.2 Å². The lowest BCUT2D eigenvalue weighted by molar-refractivity contribution is 0.0684. The van der Waals surface area contributed by atoms with E-state index in [1.807, 2.05) is 0 Å². The number of nitrogens with zero attached hydrogens (tertiary/aromatic N) is 7. The van der Waals surface area contributed by atoms with Gasteiger partial charge in [0.1, 0.15) is 23.0 Å². The van der Waals surface area contributed by atoms with Crippen molar-refractivity contribution in [1.29, 1.82) is 0 Å². The molecule has 0 aliphatic carbocycles. The Morgan fingerprint density at radius 2 is 1.02 bits per heavy atom. The Morgan fingerprint density at radius 1 is 0.589 bits per heavy atom. The van der Waals surface area contributed by atoms with E-state index in [-0.39, 0.29) is 65.0 Å². The molecule has 8 N–H and O–H groups in total. The van der Waals surface area contributed by atoms with Gasteiger partial charge in [-0.25, -0.2) is 9.59 Å². The maximum atomic E-state index is 11.5. The number of ether oxygens (including phenoxy) is 4. The lowest BCUT2D eigenvalue weighted by Crippen LogP contribution is -2.12. The van der Waals surface area contributed by atoms with Crippen molar-refractivity contribution in [3.8, 4) is 23.0 Å². The molecule has 5 rings (SSSR count). The van der Waals surface area contributed by atoms with Crippen LogP contribution in [0.1, 0.15) is 20.7 Å². The summed E-state index contributed by atoms with van der Waals surface area (Å²) in [5.74, 6) is -1.30. The van der Waals surface area contributed by atoms with Gasteiger partial charge in [-0.3, -0.25) is 0 Å². The average Bonchev–Trinajstić information content (AvgIpc) is 3.19. The molecule has 5 aromatic rings. The summed E-state index contributed by atoms with van der Waals surface area (Å²) in [6.45, 7) is -1.36. The summed E-state index contributed by atoms with van der Waals surface area (Å²) < 4.78 is 21.1. The number of hydrogen-bond donors (Lipinski definition) is 8. The number of aliphatic hydroxyl groups is 3. The summed E-state index contributed by atoms with van der Waals surface area (Å²) in [5.41, 5.74) is 1.70. The highest BCUT2D eigenvalue weighted by atomic mass is 16.6. The number of carboxylic acids is 2. The molecule has 56 heavy (non-hydrogen) atoms. The van der Waals surface area contributed by atoms with Crippen LogP contribution >= 0.6 is 0 Å². The van der Waals surface area contributed by atoms with Crippen molar-refractivity contribution in [2.24, 2.45) is 20.5 Å². The standard InChI is InChI=1S/C35H34N10O11/c1-53-29-15-21(42-44-23-9-19(31(49)50)11-25(13-23)55-17-47)3-5-27(29)37-34-39-33(36-7-8-46)40-35(41-34)38-28-6-4-22(16-30(28)54-2)43-45-24-10-20(32(51)52)12-26(14-24)56-18-48/h3-6,9-16,46-48H,7-8,17-18H2,1-2H3,(H,49,50)(H,51,52)(H3,36,37,38,39,40,41). The Morgan fingerprint density at radius 3 is 1.41 bits per heavy atom. The number of hydrogen-bond acceptors (Lipinski definition) is 19. The summed E-state index contributed by atoms with van der Waals surface area (Å²) >= 11 is 0. The van der Waals surface area contributed by atoms with E-state index < -0.39 is 25.5 Å². The Kier molecular flexibility index (Phi) is 13.5. The number of aromatic carboxylic acids is 2. The number of aliphatic hydroxyl groups excluding tert-OH is 3. The van der Waals surface area contributed by atoms with Crippen LogP contribution in [-0.2, 0) is 0 Å². The molecule has 21 nitrogen and oxygen atoms in total. The zero-order valence-corrected chi connectivity index (χ0v) is 29.6. The van der Waals surface area contributed by atoms with Crippen LogP contribution in [0.2, 0.25) is 0 Å². The molecule has 290 valence electrons. The molecule has 1 aromatic heterocycles. The van der Waals surface area contributed by atoms with Crippen LogP contribution in [0, 0.1) is 0 Å². The van der Waals surface area contributed by atoms with Gasteiger partial charge in [-0.05, 0) is 48.5 Å². The first-order valence-electron chi connectivity index (χ1n) is 16.2. The minimum absolute atomic E-state index is 0.0787. The van der Waals surface area contributed by atoms with Crippen molar-refractivity contribution >= 4 is 63.9 Å². The Labute approximate surface area is 317 Å². The number of methoxy groups -OCH3 is 2. The van der Waals surface area contributed by atoms with Gasteiger partial charge in [0, 0.05) is 30.8 Å². The van der Waals surface area contributed by atoms with E-state index in [9.17, 15) is 24.9 Å². The zero-order valence-electron chi connectivity index (χ0n) is 29.6. The van der Waals surface area contributed by atoms with Gasteiger partial charge in [0.05, 0.1) is 66.1 Å². The maximum Gasteiger partial charge on any atom is 0.335 e. The van der Waals surface area contributed by atoms with Crippen LogP contribution < -0.4 is 34.9 Å². The van der Waals surface area contributed by atoms with Gasteiger partial charge in [-0.2, -0.15) is 35.4 Å². The average molecular weight is 771 g/mol. The fraction of sp³-hybridized carbons (Fsp3) is 0.171. The number of azo groups is 2. The molecule has 1 heterocycles. The van der Waals surface area contributed by atoms with Gasteiger partial charge in [0.15, 0.2) is 13.6 Å². The Hall–Kier alpha value is -7.49. The molecule has 21 heteroatoms. The molecule has 0 saturated carbocycles. The molecular formula is C35H34N10O11. The molecule has 4 aromatic carbocycles. The van der Waals surface area contributed by atoms with E-state index >= 15 is 0 Å². The first kappa shape index (κ1) is 39.7. The van der Waals surface area contributed by atoms with Crippen LogP contribution in [-0.4, -0.2) is 93.4 Å². The molecule has 0 unspecified atom stereocenters. The Balaban J connectivity index is 1.37. The minimum Gasteiger partial charge on any atom is -0.494 e. The number of anilines is 5. The fourth-order valence-electron chi connectivity index (χ4n) is 4.74. The quantitative estimate of drug-likeness (QED) is 0.0371. The molecule has 0 aliphatic rings. The normalized spacial score (nSPS) is 11.0. The van der Waals surface area contributed by atoms with Gasteiger partial charge in [0.25, 0.3) is 0 Å². The van der Waals surface area contributed by atoms with Crippen molar-refractivity contribution in [1.82, 2.24) is 15.0 Å². The zero-order chi connectivity index (χ0) is 40.0. The van der Waals surface area contributed by atoms with Crippen LogP contribution in [0.15, 0.2) is 93.3 Å². The highest BCUT2D eigenvalue weighted by molar-refractivity contribution is 5.90. The third-order valence-electron chi connectivity index (χ3n) is 7.19. The lowest BCUT2D eigenvalue weighted by Gasteiger charge is -2.14. The van der Waals surface area contributed by atoms with Gasteiger partial charge < -0.3 is 60.4 Å². The molecule has 0 saturated heterocycles. The van der Waals surface area contributed by atoms with Crippen LogP contribution in [0.5, 0.6) is 23.0 Å². The molecule has 0 spiro atoms. The number of carboxylic acid groups (broad SMARTS) is 2. The monoisotopic (exact) mass is 770 g/mol. The summed E-state index contributed by atoms with van der Waals surface area (Å²) in [7, 11) is 2.88. The van der Waals surface area contributed by atoms with E-state index in [0.717, 1.165) is 0 Å². The molecule has 0 amide bonds. The SMILES string of the molecule is COc1cc(N=Nc2cc(OCO)cc(C(=O)O)c2)ccc1Nc1nc(NCCO)nc(Nc2ccc(N=Nc3cc(OCO)cc(C(=O)O)c3)cc2OC)n1. The van der Waals surface area contributed by atoms with Gasteiger partial charge in [-0.15, -0.1) is 0 Å². The summed E-state index contributed by atoms with van der Waals surface area (Å²) in [6.07, 6.45) is 0. The predicted molar refractivity (Wildman–Crippen MR) is 199 cm³/mol. The largest absolute Gasteiger partial charge is 0.494 e. The second kappa shape index (κ2) is 19.0. The fourth-order valence-corrected chi connectivity index (χ4v) is 4.74.